The normalized spacial score (nSPS) is 11.2. The molecule has 0 atom stereocenters. The molecule has 6 heteroatoms. The number of aromatic nitrogens is 4. The SMILES string of the molecule is c1cc(-c2cscn2)c2nc(-c3cscn3)[nH]c2c1. The van der Waals surface area contributed by atoms with Crippen LogP contribution in [0.4, 0.5) is 0 Å². The maximum Gasteiger partial charge on any atom is 0.158 e. The number of aromatic amines is 1. The maximum absolute atomic E-state index is 4.66. The second-order valence-corrected chi connectivity index (χ2v) is 5.47. The van der Waals surface area contributed by atoms with Crippen LogP contribution in [0.2, 0.25) is 0 Å². The van der Waals surface area contributed by atoms with Crippen molar-refractivity contribution in [3.8, 4) is 22.8 Å². The maximum atomic E-state index is 4.66. The highest BCUT2D eigenvalue weighted by molar-refractivity contribution is 7.08. The van der Waals surface area contributed by atoms with E-state index in [1.807, 2.05) is 40.0 Å². The Labute approximate surface area is 116 Å². The summed E-state index contributed by atoms with van der Waals surface area (Å²) in [5.41, 5.74) is 8.49. The molecule has 0 saturated heterocycles. The summed E-state index contributed by atoms with van der Waals surface area (Å²) >= 11 is 3.15. The van der Waals surface area contributed by atoms with E-state index in [1.54, 1.807) is 22.7 Å². The van der Waals surface area contributed by atoms with Gasteiger partial charge in [-0.3, -0.25) is 0 Å². The van der Waals surface area contributed by atoms with Crippen LogP contribution in [-0.2, 0) is 0 Å². The third-order valence-corrected chi connectivity index (χ3v) is 4.07. The first-order valence-electron chi connectivity index (χ1n) is 5.68. The van der Waals surface area contributed by atoms with E-state index in [9.17, 15) is 0 Å². The number of hydrogen-bond acceptors (Lipinski definition) is 5. The molecular weight excluding hydrogens is 276 g/mol. The van der Waals surface area contributed by atoms with Crippen molar-refractivity contribution in [3.63, 3.8) is 0 Å². The van der Waals surface area contributed by atoms with Crippen LogP contribution in [0.25, 0.3) is 33.8 Å². The van der Waals surface area contributed by atoms with Crippen LogP contribution in [0, 0.1) is 0 Å². The minimum atomic E-state index is 0.805. The van der Waals surface area contributed by atoms with Gasteiger partial charge < -0.3 is 4.98 Å². The molecule has 4 aromatic rings. The van der Waals surface area contributed by atoms with Crippen molar-refractivity contribution in [3.05, 3.63) is 40.0 Å². The lowest BCUT2D eigenvalue weighted by Crippen LogP contribution is -1.80. The number of hydrogen-bond donors (Lipinski definition) is 1. The number of thiazole rings is 2. The van der Waals surface area contributed by atoms with Gasteiger partial charge in [0, 0.05) is 16.3 Å². The van der Waals surface area contributed by atoms with Crippen molar-refractivity contribution in [1.29, 1.82) is 0 Å². The summed E-state index contributed by atoms with van der Waals surface area (Å²) in [6.45, 7) is 0. The lowest BCUT2D eigenvalue weighted by molar-refractivity contribution is 1.27. The summed E-state index contributed by atoms with van der Waals surface area (Å²) in [4.78, 5) is 16.6. The summed E-state index contributed by atoms with van der Waals surface area (Å²) in [5.74, 6) is 0.805. The number of nitrogens with one attached hydrogen (secondary N) is 1. The molecule has 3 aromatic heterocycles. The number of imidazole rings is 1. The van der Waals surface area contributed by atoms with Gasteiger partial charge >= 0.3 is 0 Å². The van der Waals surface area contributed by atoms with Crippen molar-refractivity contribution < 1.29 is 0 Å². The molecule has 19 heavy (non-hydrogen) atoms. The van der Waals surface area contributed by atoms with Crippen LogP contribution in [-0.4, -0.2) is 19.9 Å². The Morgan fingerprint density at radius 2 is 1.74 bits per heavy atom. The largest absolute Gasteiger partial charge is 0.337 e. The third kappa shape index (κ3) is 1.76. The molecule has 0 saturated carbocycles. The number of H-pyrrole nitrogens is 1. The zero-order valence-electron chi connectivity index (χ0n) is 9.70. The molecule has 0 amide bonds. The Morgan fingerprint density at radius 1 is 0.947 bits per heavy atom. The molecule has 0 aliphatic heterocycles. The van der Waals surface area contributed by atoms with E-state index in [1.165, 1.54) is 0 Å². The van der Waals surface area contributed by atoms with E-state index in [4.69, 9.17) is 0 Å². The number of fused-ring (bicyclic) bond motifs is 1. The van der Waals surface area contributed by atoms with Gasteiger partial charge in [0.15, 0.2) is 5.82 Å². The summed E-state index contributed by atoms with van der Waals surface area (Å²) in [6.07, 6.45) is 0. The van der Waals surface area contributed by atoms with Gasteiger partial charge in [0.1, 0.15) is 5.69 Å². The predicted molar refractivity (Wildman–Crippen MR) is 78.3 cm³/mol. The minimum Gasteiger partial charge on any atom is -0.337 e. The summed E-state index contributed by atoms with van der Waals surface area (Å²) < 4.78 is 0. The first-order chi connectivity index (χ1) is 9.42. The Hall–Kier alpha value is -2.05. The average molecular weight is 284 g/mol. The van der Waals surface area contributed by atoms with E-state index in [0.29, 0.717) is 0 Å². The highest BCUT2D eigenvalue weighted by Gasteiger charge is 2.12. The summed E-state index contributed by atoms with van der Waals surface area (Å²) in [5, 5.41) is 4.02. The summed E-state index contributed by atoms with van der Waals surface area (Å²) in [6, 6.07) is 6.08. The molecule has 0 spiro atoms. The molecule has 4 nitrogen and oxygen atoms in total. The Bertz CT molecular complexity index is 816. The number of para-hydroxylation sites is 1. The molecule has 0 aliphatic rings. The van der Waals surface area contributed by atoms with Gasteiger partial charge in [-0.15, -0.1) is 22.7 Å². The van der Waals surface area contributed by atoms with Crippen LogP contribution in [0.5, 0.6) is 0 Å². The Morgan fingerprint density at radius 3 is 2.47 bits per heavy atom. The van der Waals surface area contributed by atoms with Gasteiger partial charge in [-0.1, -0.05) is 12.1 Å². The molecule has 1 N–H and O–H groups in total. The molecular formula is C13H8N4S2. The van der Waals surface area contributed by atoms with Crippen LogP contribution >= 0.6 is 22.7 Å². The van der Waals surface area contributed by atoms with Crippen LogP contribution in [0.15, 0.2) is 40.0 Å². The Balaban J connectivity index is 1.97. The van der Waals surface area contributed by atoms with E-state index in [2.05, 4.69) is 19.9 Å². The van der Waals surface area contributed by atoms with Crippen LogP contribution in [0.3, 0.4) is 0 Å². The first kappa shape index (κ1) is 10.8. The fourth-order valence-corrected chi connectivity index (χ4v) is 3.12. The smallest absolute Gasteiger partial charge is 0.158 e. The fraction of sp³-hybridized carbons (Fsp3) is 0. The molecule has 0 bridgehead atoms. The molecule has 4 rings (SSSR count). The zero-order valence-corrected chi connectivity index (χ0v) is 11.3. The van der Waals surface area contributed by atoms with Gasteiger partial charge in [0.05, 0.1) is 27.7 Å². The van der Waals surface area contributed by atoms with E-state index in [0.717, 1.165) is 33.8 Å². The van der Waals surface area contributed by atoms with Crippen molar-refractivity contribution in [2.45, 2.75) is 0 Å². The second kappa shape index (κ2) is 4.25. The molecule has 0 unspecified atom stereocenters. The van der Waals surface area contributed by atoms with Crippen molar-refractivity contribution in [1.82, 2.24) is 19.9 Å². The topological polar surface area (TPSA) is 54.5 Å². The lowest BCUT2D eigenvalue weighted by atomic mass is 10.1. The standard InChI is InChI=1S/C13H8N4S2/c1-2-8(10-4-18-6-14-10)12-9(3-1)16-13(17-12)11-5-19-7-15-11/h1-7H,(H,16,17). The Kier molecular flexibility index (Phi) is 2.43. The van der Waals surface area contributed by atoms with E-state index in [-0.39, 0.29) is 0 Å². The average Bonchev–Trinajstić information content (AvgIpc) is 3.18. The highest BCUT2D eigenvalue weighted by Crippen LogP contribution is 2.29. The number of rotatable bonds is 2. The second-order valence-electron chi connectivity index (χ2n) is 4.03. The van der Waals surface area contributed by atoms with Gasteiger partial charge in [-0.05, 0) is 6.07 Å². The number of nitrogens with zero attached hydrogens (tertiary/aromatic N) is 3. The molecule has 3 heterocycles. The molecule has 0 aliphatic carbocycles. The van der Waals surface area contributed by atoms with Gasteiger partial charge in [-0.25, -0.2) is 15.0 Å². The van der Waals surface area contributed by atoms with Gasteiger partial charge in [0.25, 0.3) is 0 Å². The zero-order chi connectivity index (χ0) is 12.7. The van der Waals surface area contributed by atoms with Gasteiger partial charge in [0.2, 0.25) is 0 Å². The van der Waals surface area contributed by atoms with Gasteiger partial charge in [-0.2, -0.15) is 0 Å². The molecule has 92 valence electrons. The van der Waals surface area contributed by atoms with Crippen molar-refractivity contribution >= 4 is 33.7 Å². The molecule has 1 aromatic carbocycles. The van der Waals surface area contributed by atoms with E-state index >= 15 is 0 Å². The quantitative estimate of drug-likeness (QED) is 0.609. The highest BCUT2D eigenvalue weighted by atomic mass is 32.1. The predicted octanol–water partition coefficient (Wildman–Crippen LogP) is 3.81. The van der Waals surface area contributed by atoms with Crippen molar-refractivity contribution in [2.75, 3.05) is 0 Å². The molecule has 0 radical (unpaired) electrons. The minimum absolute atomic E-state index is 0.805. The fourth-order valence-electron chi connectivity index (χ4n) is 2.04. The number of benzene rings is 1. The first-order valence-corrected chi connectivity index (χ1v) is 7.56. The van der Waals surface area contributed by atoms with Crippen LogP contribution in [0.1, 0.15) is 0 Å². The third-order valence-electron chi connectivity index (χ3n) is 2.90. The molecule has 0 fully saturated rings. The summed E-state index contributed by atoms with van der Waals surface area (Å²) in [7, 11) is 0. The van der Waals surface area contributed by atoms with Crippen molar-refractivity contribution in [2.24, 2.45) is 0 Å². The van der Waals surface area contributed by atoms with Crippen LogP contribution < -0.4 is 0 Å². The lowest BCUT2D eigenvalue weighted by Gasteiger charge is -1.96. The van der Waals surface area contributed by atoms with E-state index < -0.39 is 0 Å². The monoisotopic (exact) mass is 284 g/mol.